The fraction of sp³-hybridized carbons (Fsp3) is 0.250. The summed E-state index contributed by atoms with van der Waals surface area (Å²) in [7, 11) is 1.91. The fourth-order valence-electron chi connectivity index (χ4n) is 1.52. The molecule has 0 bridgehead atoms. The first-order valence-electron chi connectivity index (χ1n) is 5.17. The first-order chi connectivity index (χ1) is 8.08. The van der Waals surface area contributed by atoms with Crippen molar-refractivity contribution in [3.63, 3.8) is 0 Å². The highest BCUT2D eigenvalue weighted by Crippen LogP contribution is 2.16. The molecule has 0 radical (unpaired) electrons. The zero-order chi connectivity index (χ0) is 12.4. The topological polar surface area (TPSA) is 73.8 Å². The van der Waals surface area contributed by atoms with Crippen molar-refractivity contribution in [2.24, 2.45) is 12.8 Å². The molecule has 86 valence electrons. The van der Waals surface area contributed by atoms with Gasteiger partial charge in [-0.05, 0) is 25.0 Å². The van der Waals surface area contributed by atoms with Gasteiger partial charge in [0, 0.05) is 7.05 Å². The molecule has 5 nitrogen and oxygen atoms in total. The van der Waals surface area contributed by atoms with Crippen LogP contribution in [-0.2, 0) is 11.8 Å². The molecule has 2 aromatic rings. The van der Waals surface area contributed by atoms with Crippen LogP contribution in [-0.4, -0.2) is 20.4 Å². The number of aryl methyl sites for hydroxylation is 1. The number of carbonyl (C=O) groups is 1. The Bertz CT molecular complexity index is 633. The van der Waals surface area contributed by atoms with E-state index in [2.05, 4.69) is 21.8 Å². The van der Waals surface area contributed by atoms with E-state index in [9.17, 15) is 4.79 Å². The molecule has 2 aromatic heterocycles. The van der Waals surface area contributed by atoms with Gasteiger partial charge in [-0.2, -0.15) is 0 Å². The third-order valence-electron chi connectivity index (χ3n) is 2.46. The number of hydrogen-bond acceptors (Lipinski definition) is 3. The fourth-order valence-corrected chi connectivity index (χ4v) is 1.52. The number of rotatable bonds is 1. The van der Waals surface area contributed by atoms with E-state index in [1.807, 2.05) is 30.7 Å². The molecule has 0 aliphatic rings. The molecule has 0 aliphatic carbocycles. The lowest BCUT2D eigenvalue weighted by Crippen LogP contribution is -2.07. The number of amides is 1. The van der Waals surface area contributed by atoms with Crippen molar-refractivity contribution in [1.29, 1.82) is 0 Å². The molecule has 0 spiro atoms. The van der Waals surface area contributed by atoms with E-state index in [1.165, 1.54) is 0 Å². The van der Waals surface area contributed by atoms with Gasteiger partial charge in [0.05, 0.1) is 23.5 Å². The Morgan fingerprint density at radius 3 is 3.00 bits per heavy atom. The average Bonchev–Trinajstić information content (AvgIpc) is 2.67. The van der Waals surface area contributed by atoms with Crippen molar-refractivity contribution in [3.05, 3.63) is 24.2 Å². The Morgan fingerprint density at radius 1 is 1.53 bits per heavy atom. The number of aromatic nitrogens is 3. The molecular formula is C12H12N4O. The maximum absolute atomic E-state index is 10.6. The van der Waals surface area contributed by atoms with Gasteiger partial charge in [-0.15, -0.1) is 0 Å². The third kappa shape index (κ3) is 2.26. The summed E-state index contributed by atoms with van der Waals surface area (Å²) in [6.45, 7) is 1.87. The van der Waals surface area contributed by atoms with Gasteiger partial charge in [0.2, 0.25) is 0 Å². The molecule has 2 N–H and O–H groups in total. The molecule has 0 saturated carbocycles. The van der Waals surface area contributed by atoms with Crippen molar-refractivity contribution in [3.8, 4) is 11.8 Å². The van der Waals surface area contributed by atoms with Crippen molar-refractivity contribution in [2.45, 2.75) is 12.8 Å². The van der Waals surface area contributed by atoms with Crippen molar-refractivity contribution < 1.29 is 4.79 Å². The Labute approximate surface area is 98.7 Å². The summed E-state index contributed by atoms with van der Waals surface area (Å²) in [6, 6.07) is 3.82. The maximum Gasteiger partial charge on any atom is 0.293 e. The Hall–Kier alpha value is -2.35. The SMILES string of the molecule is CC(C#CC(N)=O)c1ccc2c(ncn2C)n1. The Kier molecular flexibility index (Phi) is 2.79. The first-order valence-corrected chi connectivity index (χ1v) is 5.17. The molecule has 1 amide bonds. The zero-order valence-electron chi connectivity index (χ0n) is 9.64. The standard InChI is InChI=1S/C12H12N4O/c1-8(3-6-11(13)17)9-4-5-10-12(15-9)14-7-16(10)2/h4-5,7-8H,1-2H3,(H2,13,17). The van der Waals surface area contributed by atoms with Gasteiger partial charge in [-0.25, -0.2) is 9.97 Å². The molecule has 2 heterocycles. The average molecular weight is 228 g/mol. The van der Waals surface area contributed by atoms with Crippen LogP contribution in [0.4, 0.5) is 0 Å². The molecule has 2 rings (SSSR count). The van der Waals surface area contributed by atoms with Gasteiger partial charge in [-0.1, -0.05) is 5.92 Å². The summed E-state index contributed by atoms with van der Waals surface area (Å²) in [5, 5.41) is 0. The van der Waals surface area contributed by atoms with Gasteiger partial charge in [0.1, 0.15) is 0 Å². The number of nitrogens with zero attached hydrogens (tertiary/aromatic N) is 3. The normalized spacial score (nSPS) is 11.9. The van der Waals surface area contributed by atoms with Crippen LogP contribution in [0.1, 0.15) is 18.5 Å². The molecular weight excluding hydrogens is 216 g/mol. The van der Waals surface area contributed by atoms with Gasteiger partial charge in [-0.3, -0.25) is 4.79 Å². The second kappa shape index (κ2) is 4.26. The lowest BCUT2D eigenvalue weighted by atomic mass is 10.1. The highest BCUT2D eigenvalue weighted by atomic mass is 16.1. The lowest BCUT2D eigenvalue weighted by molar-refractivity contribution is -0.112. The molecule has 1 atom stereocenters. The van der Waals surface area contributed by atoms with Crippen LogP contribution in [0, 0.1) is 11.8 Å². The lowest BCUT2D eigenvalue weighted by Gasteiger charge is -2.02. The first kappa shape index (κ1) is 11.1. The van der Waals surface area contributed by atoms with E-state index in [4.69, 9.17) is 5.73 Å². The van der Waals surface area contributed by atoms with E-state index < -0.39 is 5.91 Å². The molecule has 1 unspecified atom stereocenters. The number of carbonyl (C=O) groups excluding carboxylic acids is 1. The quantitative estimate of drug-likeness (QED) is 0.725. The minimum Gasteiger partial charge on any atom is -0.359 e. The zero-order valence-corrected chi connectivity index (χ0v) is 9.64. The van der Waals surface area contributed by atoms with Crippen LogP contribution >= 0.6 is 0 Å². The van der Waals surface area contributed by atoms with E-state index in [0.717, 1.165) is 11.2 Å². The largest absolute Gasteiger partial charge is 0.359 e. The molecule has 0 aliphatic heterocycles. The van der Waals surface area contributed by atoms with Gasteiger partial charge >= 0.3 is 0 Å². The molecule has 0 fully saturated rings. The summed E-state index contributed by atoms with van der Waals surface area (Å²) < 4.78 is 1.89. The van der Waals surface area contributed by atoms with Crippen LogP contribution in [0.2, 0.25) is 0 Å². The second-order valence-corrected chi connectivity index (χ2v) is 3.79. The van der Waals surface area contributed by atoms with Crippen LogP contribution in [0.3, 0.4) is 0 Å². The van der Waals surface area contributed by atoms with Crippen LogP contribution < -0.4 is 5.73 Å². The van der Waals surface area contributed by atoms with E-state index in [0.29, 0.717) is 5.65 Å². The molecule has 5 heteroatoms. The minimum atomic E-state index is -0.629. The van der Waals surface area contributed by atoms with Gasteiger partial charge in [0.25, 0.3) is 5.91 Å². The van der Waals surface area contributed by atoms with E-state index >= 15 is 0 Å². The van der Waals surface area contributed by atoms with Gasteiger partial charge < -0.3 is 10.3 Å². The number of fused-ring (bicyclic) bond motifs is 1. The minimum absolute atomic E-state index is 0.145. The van der Waals surface area contributed by atoms with Crippen molar-refractivity contribution in [2.75, 3.05) is 0 Å². The third-order valence-corrected chi connectivity index (χ3v) is 2.46. The predicted molar refractivity (Wildman–Crippen MR) is 63.9 cm³/mol. The summed E-state index contributed by atoms with van der Waals surface area (Å²) in [5.74, 6) is 4.30. The number of primary amides is 1. The number of pyridine rings is 1. The maximum atomic E-state index is 10.6. The van der Waals surface area contributed by atoms with Gasteiger partial charge in [0.15, 0.2) is 5.65 Å². The Balaban J connectivity index is 2.37. The summed E-state index contributed by atoms with van der Waals surface area (Å²) in [6.07, 6.45) is 1.71. The van der Waals surface area contributed by atoms with Crippen molar-refractivity contribution >= 4 is 17.1 Å². The van der Waals surface area contributed by atoms with Crippen LogP contribution in [0.25, 0.3) is 11.2 Å². The Morgan fingerprint density at radius 2 is 2.29 bits per heavy atom. The highest BCUT2D eigenvalue weighted by molar-refractivity contribution is 5.92. The smallest absolute Gasteiger partial charge is 0.293 e. The second-order valence-electron chi connectivity index (χ2n) is 3.79. The highest BCUT2D eigenvalue weighted by Gasteiger charge is 2.07. The summed E-state index contributed by atoms with van der Waals surface area (Å²) >= 11 is 0. The monoisotopic (exact) mass is 228 g/mol. The number of nitrogens with two attached hydrogens (primary N) is 1. The number of hydrogen-bond donors (Lipinski definition) is 1. The van der Waals surface area contributed by atoms with Crippen LogP contribution in [0.15, 0.2) is 18.5 Å². The van der Waals surface area contributed by atoms with Crippen molar-refractivity contribution in [1.82, 2.24) is 14.5 Å². The predicted octanol–water partition coefficient (Wildman–Crippen LogP) is 0.561. The van der Waals surface area contributed by atoms with E-state index in [1.54, 1.807) is 6.33 Å². The summed E-state index contributed by atoms with van der Waals surface area (Å²) in [4.78, 5) is 19.1. The molecule has 0 aromatic carbocycles. The van der Waals surface area contributed by atoms with Crippen LogP contribution in [0.5, 0.6) is 0 Å². The molecule has 0 saturated heterocycles. The number of imidazole rings is 1. The summed E-state index contributed by atoms with van der Waals surface area (Å²) in [5.41, 5.74) is 7.39. The van der Waals surface area contributed by atoms with E-state index in [-0.39, 0.29) is 5.92 Å². The molecule has 17 heavy (non-hydrogen) atoms.